The Labute approximate surface area is 207 Å². The van der Waals surface area contributed by atoms with E-state index in [0.29, 0.717) is 0 Å². The van der Waals surface area contributed by atoms with Crippen LogP contribution in [0.3, 0.4) is 0 Å². The number of nitrogens with zero attached hydrogens (tertiary/aromatic N) is 1. The van der Waals surface area contributed by atoms with Crippen LogP contribution in [0.2, 0.25) is 0 Å². The van der Waals surface area contributed by atoms with Gasteiger partial charge in [-0.15, -0.1) is 0 Å². The maximum atomic E-state index is 13.1. The number of esters is 2. The highest BCUT2D eigenvalue weighted by Crippen LogP contribution is 2.34. The molecule has 2 rings (SSSR count). The minimum atomic E-state index is -3.99. The molecule has 0 fully saturated rings. The number of rotatable bonds is 13. The van der Waals surface area contributed by atoms with Gasteiger partial charge in [0.2, 0.25) is 10.0 Å². The van der Waals surface area contributed by atoms with E-state index in [2.05, 4.69) is 13.2 Å². The van der Waals surface area contributed by atoms with E-state index in [0.717, 1.165) is 18.2 Å². The largest absolute Gasteiger partial charge is 0.461 e. The summed E-state index contributed by atoms with van der Waals surface area (Å²) in [6, 6.07) is 9.89. The Balaban J connectivity index is 2.56. The van der Waals surface area contributed by atoms with Gasteiger partial charge in [-0.25, -0.2) is 13.6 Å². The van der Waals surface area contributed by atoms with Crippen molar-refractivity contribution >= 4 is 33.4 Å². The summed E-state index contributed by atoms with van der Waals surface area (Å²) in [4.78, 5) is 49.4. The fourth-order valence-corrected chi connectivity index (χ4v) is 3.85. The second-order valence-electron chi connectivity index (χ2n) is 7.47. The number of nitro groups is 1. The summed E-state index contributed by atoms with van der Waals surface area (Å²) < 4.78 is 33.1. The summed E-state index contributed by atoms with van der Waals surface area (Å²) in [7, 11) is -3.99. The van der Waals surface area contributed by atoms with Crippen LogP contribution in [0.25, 0.3) is 0 Å². The lowest BCUT2D eigenvalue weighted by Crippen LogP contribution is -2.34. The Morgan fingerprint density at radius 2 is 1.56 bits per heavy atom. The molecule has 1 atom stereocenters. The smallest absolute Gasteiger partial charge is 0.321 e. The number of hydrogen-bond donors (Lipinski definition) is 1. The number of primary sulfonamides is 1. The first-order valence-corrected chi connectivity index (χ1v) is 12.0. The zero-order chi connectivity index (χ0) is 26.9. The summed E-state index contributed by atoms with van der Waals surface area (Å²) in [5.41, 5.74) is -0.106. The summed E-state index contributed by atoms with van der Waals surface area (Å²) in [5, 5.41) is 16.4. The first-order valence-electron chi connectivity index (χ1n) is 10.4. The van der Waals surface area contributed by atoms with Gasteiger partial charge < -0.3 is 9.47 Å². The van der Waals surface area contributed by atoms with Crippen molar-refractivity contribution in [3.05, 3.63) is 95.1 Å². The van der Waals surface area contributed by atoms with Crippen molar-refractivity contribution in [3.63, 3.8) is 0 Å². The number of ketones is 1. The summed E-state index contributed by atoms with van der Waals surface area (Å²) in [6.07, 6.45) is 2.10. The van der Waals surface area contributed by atoms with Crippen LogP contribution < -0.4 is 5.14 Å². The topological polar surface area (TPSA) is 173 Å². The molecule has 2 aromatic carbocycles. The van der Waals surface area contributed by atoms with E-state index in [1.807, 2.05) is 0 Å². The van der Waals surface area contributed by atoms with Gasteiger partial charge in [-0.1, -0.05) is 49.6 Å². The Morgan fingerprint density at radius 1 is 1.00 bits per heavy atom. The number of nitro benzene ring substituents is 1. The molecule has 0 bridgehead atoms. The van der Waals surface area contributed by atoms with Crippen molar-refractivity contribution in [1.82, 2.24) is 0 Å². The van der Waals surface area contributed by atoms with E-state index < -0.39 is 50.9 Å². The van der Waals surface area contributed by atoms with Gasteiger partial charge in [0.05, 0.1) is 9.82 Å². The molecule has 0 aliphatic rings. The van der Waals surface area contributed by atoms with E-state index in [4.69, 9.17) is 14.6 Å². The standard InChI is InChI=1S/C24H24N2O9S/c1-3-12-34-23(28)22(24(29)35-13-4-2)20(17-6-5-7-18(14-17)26(30)31)15-21(27)16-8-10-19(11-9-16)36(25,32)33/h3-11,14,20,22H,1-2,12-13,15H2,(H2,25,32,33). The molecular formula is C24H24N2O9S. The number of sulfonamides is 1. The zero-order valence-corrected chi connectivity index (χ0v) is 19.9. The number of hydrogen-bond acceptors (Lipinski definition) is 9. The number of nitrogens with two attached hydrogens (primary N) is 1. The Hall–Kier alpha value is -4.16. The molecule has 1 unspecified atom stereocenters. The molecule has 0 amide bonds. The third-order valence-corrected chi connectivity index (χ3v) is 5.95. The molecule has 0 radical (unpaired) electrons. The van der Waals surface area contributed by atoms with Crippen LogP contribution in [-0.4, -0.2) is 44.3 Å². The van der Waals surface area contributed by atoms with Crippen molar-refractivity contribution in [3.8, 4) is 0 Å². The van der Waals surface area contributed by atoms with Crippen LogP contribution >= 0.6 is 0 Å². The first kappa shape index (κ1) is 28.1. The summed E-state index contributed by atoms with van der Waals surface area (Å²) >= 11 is 0. The number of carbonyl (C=O) groups excluding carboxylic acids is 3. The van der Waals surface area contributed by atoms with Gasteiger partial charge >= 0.3 is 11.9 Å². The van der Waals surface area contributed by atoms with Gasteiger partial charge in [-0.3, -0.25) is 24.5 Å². The Morgan fingerprint density at radius 3 is 2.03 bits per heavy atom. The molecule has 0 aromatic heterocycles. The van der Waals surface area contributed by atoms with Gasteiger partial charge in [-0.05, 0) is 17.7 Å². The lowest BCUT2D eigenvalue weighted by atomic mass is 9.81. The van der Waals surface area contributed by atoms with Crippen molar-refractivity contribution in [2.75, 3.05) is 13.2 Å². The highest BCUT2D eigenvalue weighted by atomic mass is 32.2. The quantitative estimate of drug-likeness (QED) is 0.105. The average Bonchev–Trinajstić information content (AvgIpc) is 2.85. The molecule has 0 aliphatic heterocycles. The van der Waals surface area contributed by atoms with E-state index in [1.165, 1.54) is 42.5 Å². The van der Waals surface area contributed by atoms with Crippen molar-refractivity contribution in [2.45, 2.75) is 17.2 Å². The number of carbonyl (C=O) groups is 3. The second kappa shape index (κ2) is 12.5. The predicted molar refractivity (Wildman–Crippen MR) is 128 cm³/mol. The minimum absolute atomic E-state index is 0.0653. The number of ether oxygens (including phenoxy) is 2. The zero-order valence-electron chi connectivity index (χ0n) is 19.1. The molecule has 0 aliphatic carbocycles. The molecule has 0 heterocycles. The van der Waals surface area contributed by atoms with Crippen LogP contribution in [0.1, 0.15) is 28.3 Å². The molecule has 0 saturated carbocycles. The Bertz CT molecular complexity index is 1250. The van der Waals surface area contributed by atoms with E-state index in [9.17, 15) is 32.9 Å². The summed E-state index contributed by atoms with van der Waals surface area (Å²) in [5.74, 6) is -5.48. The first-order chi connectivity index (χ1) is 17.0. The molecule has 0 saturated heterocycles. The van der Waals surface area contributed by atoms with Crippen molar-refractivity contribution in [2.24, 2.45) is 11.1 Å². The van der Waals surface area contributed by atoms with Crippen LogP contribution in [0.5, 0.6) is 0 Å². The monoisotopic (exact) mass is 516 g/mol. The number of non-ortho nitro benzene ring substituents is 1. The molecular weight excluding hydrogens is 492 g/mol. The minimum Gasteiger partial charge on any atom is -0.461 e. The molecule has 2 aromatic rings. The average molecular weight is 517 g/mol. The van der Waals surface area contributed by atoms with Crippen LogP contribution in [0.4, 0.5) is 5.69 Å². The van der Waals surface area contributed by atoms with Gasteiger partial charge in [-0.2, -0.15) is 0 Å². The highest BCUT2D eigenvalue weighted by molar-refractivity contribution is 7.89. The number of Topliss-reactive ketones (excluding diaryl/α,β-unsaturated/α-hetero) is 1. The van der Waals surface area contributed by atoms with Gasteiger partial charge in [0, 0.05) is 30.0 Å². The molecule has 36 heavy (non-hydrogen) atoms. The SMILES string of the molecule is C=CCOC(=O)C(C(=O)OCC=C)C(CC(=O)c1ccc(S(N)(=O)=O)cc1)c1cccc([N+](=O)[O-])c1. The normalized spacial score (nSPS) is 11.8. The van der Waals surface area contributed by atoms with E-state index >= 15 is 0 Å². The van der Waals surface area contributed by atoms with Crippen molar-refractivity contribution < 1.29 is 37.2 Å². The van der Waals surface area contributed by atoms with E-state index in [-0.39, 0.29) is 34.9 Å². The fourth-order valence-electron chi connectivity index (χ4n) is 3.33. The van der Waals surface area contributed by atoms with E-state index in [1.54, 1.807) is 0 Å². The maximum Gasteiger partial charge on any atom is 0.321 e. The molecule has 2 N–H and O–H groups in total. The maximum absolute atomic E-state index is 13.1. The Kier molecular flexibility index (Phi) is 9.76. The van der Waals surface area contributed by atoms with Gasteiger partial charge in [0.1, 0.15) is 13.2 Å². The van der Waals surface area contributed by atoms with Gasteiger partial charge in [0.25, 0.3) is 5.69 Å². The van der Waals surface area contributed by atoms with Crippen molar-refractivity contribution in [1.29, 1.82) is 0 Å². The molecule has 190 valence electrons. The summed E-state index contributed by atoms with van der Waals surface area (Å²) in [6.45, 7) is 6.44. The highest BCUT2D eigenvalue weighted by Gasteiger charge is 2.40. The van der Waals surface area contributed by atoms with Crippen LogP contribution in [0, 0.1) is 16.0 Å². The van der Waals surface area contributed by atoms with Crippen LogP contribution in [0.15, 0.2) is 78.7 Å². The lowest BCUT2D eigenvalue weighted by molar-refractivity contribution is -0.384. The second-order valence-corrected chi connectivity index (χ2v) is 9.03. The van der Waals surface area contributed by atoms with Gasteiger partial charge in [0.15, 0.2) is 11.7 Å². The van der Waals surface area contributed by atoms with Crippen LogP contribution in [-0.2, 0) is 29.1 Å². The fraction of sp³-hybridized carbons (Fsp3) is 0.208. The number of benzene rings is 2. The molecule has 11 nitrogen and oxygen atoms in total. The predicted octanol–water partition coefficient (Wildman–Crippen LogP) is 2.67. The molecule has 0 spiro atoms. The molecule has 12 heteroatoms. The lowest BCUT2D eigenvalue weighted by Gasteiger charge is -2.24. The third-order valence-electron chi connectivity index (χ3n) is 5.02. The third kappa shape index (κ3) is 7.42.